The summed E-state index contributed by atoms with van der Waals surface area (Å²) in [6.07, 6.45) is 0.365. The summed E-state index contributed by atoms with van der Waals surface area (Å²) in [5.74, 6) is 1.01. The maximum absolute atomic E-state index is 12.7. The largest absolute Gasteiger partial charge is 0.480 e. The Morgan fingerprint density at radius 3 is 2.50 bits per heavy atom. The molecule has 0 aromatic heterocycles. The lowest BCUT2D eigenvalue weighted by molar-refractivity contribution is -0.917. The van der Waals surface area contributed by atoms with Gasteiger partial charge in [-0.3, -0.25) is 4.79 Å². The fraction of sp³-hybridized carbons (Fsp3) is 0.350. The van der Waals surface area contributed by atoms with E-state index in [4.69, 9.17) is 4.74 Å². The monoisotopic (exact) mass is 323 g/mol. The highest BCUT2D eigenvalue weighted by Gasteiger charge is 2.34. The van der Waals surface area contributed by atoms with Crippen molar-refractivity contribution < 1.29 is 14.4 Å². The lowest BCUT2D eigenvalue weighted by Crippen LogP contribution is -3.13. The number of para-hydroxylation sites is 1. The Labute approximate surface area is 142 Å². The molecule has 0 unspecified atom stereocenters. The van der Waals surface area contributed by atoms with Crippen molar-refractivity contribution in [3.63, 3.8) is 0 Å². The van der Waals surface area contributed by atoms with Crippen LogP contribution in [0.15, 0.2) is 54.6 Å². The normalized spacial score (nSPS) is 20.5. The van der Waals surface area contributed by atoms with Crippen molar-refractivity contribution in [2.45, 2.75) is 19.1 Å². The molecule has 0 spiro atoms. The van der Waals surface area contributed by atoms with Gasteiger partial charge < -0.3 is 14.5 Å². The number of quaternary nitrogens is 1. The van der Waals surface area contributed by atoms with E-state index < -0.39 is 0 Å². The Bertz CT molecular complexity index is 684. The van der Waals surface area contributed by atoms with Gasteiger partial charge >= 0.3 is 0 Å². The molecule has 0 aliphatic carbocycles. The molecular weight excluding hydrogens is 300 g/mol. The van der Waals surface area contributed by atoms with Crippen molar-refractivity contribution in [3.8, 4) is 5.75 Å². The Balaban J connectivity index is 1.31. The van der Waals surface area contributed by atoms with Gasteiger partial charge in [0.25, 0.3) is 5.91 Å². The first-order chi connectivity index (χ1) is 11.8. The summed E-state index contributed by atoms with van der Waals surface area (Å²) in [5.41, 5.74) is 2.51. The van der Waals surface area contributed by atoms with Crippen LogP contribution < -0.4 is 9.64 Å². The molecule has 1 atom stereocenters. The number of hydrogen-bond donors (Lipinski definition) is 1. The van der Waals surface area contributed by atoms with Gasteiger partial charge in [-0.2, -0.15) is 0 Å². The molecule has 2 aliphatic heterocycles. The molecule has 0 radical (unpaired) electrons. The van der Waals surface area contributed by atoms with E-state index in [2.05, 4.69) is 30.3 Å². The van der Waals surface area contributed by atoms with Crippen LogP contribution in [-0.4, -0.2) is 43.1 Å². The number of benzene rings is 2. The van der Waals surface area contributed by atoms with E-state index in [0.717, 1.165) is 44.0 Å². The summed E-state index contributed by atoms with van der Waals surface area (Å²) < 4.78 is 5.85. The molecule has 2 aliphatic rings. The van der Waals surface area contributed by atoms with Crippen molar-refractivity contribution in [1.29, 1.82) is 0 Å². The molecule has 4 rings (SSSR count). The third-order valence-corrected chi connectivity index (χ3v) is 5.00. The second-order valence-corrected chi connectivity index (χ2v) is 6.66. The number of fused-ring (bicyclic) bond motifs is 1. The van der Waals surface area contributed by atoms with Crippen LogP contribution in [0.1, 0.15) is 11.1 Å². The lowest BCUT2D eigenvalue weighted by Gasteiger charge is -2.33. The predicted molar refractivity (Wildman–Crippen MR) is 92.0 cm³/mol. The van der Waals surface area contributed by atoms with Gasteiger partial charge in [-0.25, -0.2) is 0 Å². The quantitative estimate of drug-likeness (QED) is 0.911. The van der Waals surface area contributed by atoms with E-state index in [1.165, 1.54) is 5.56 Å². The van der Waals surface area contributed by atoms with Gasteiger partial charge in [-0.1, -0.05) is 48.5 Å². The third kappa shape index (κ3) is 3.15. The van der Waals surface area contributed by atoms with Gasteiger partial charge in [-0.05, 0) is 11.6 Å². The zero-order valence-electron chi connectivity index (χ0n) is 13.8. The molecule has 124 valence electrons. The van der Waals surface area contributed by atoms with Crippen LogP contribution in [0, 0.1) is 0 Å². The summed E-state index contributed by atoms with van der Waals surface area (Å²) in [5, 5.41) is 0. The van der Waals surface area contributed by atoms with E-state index in [9.17, 15) is 4.79 Å². The number of piperazine rings is 1. The summed E-state index contributed by atoms with van der Waals surface area (Å²) >= 11 is 0. The highest BCUT2D eigenvalue weighted by Crippen LogP contribution is 2.28. The van der Waals surface area contributed by atoms with Crippen molar-refractivity contribution in [1.82, 2.24) is 4.90 Å². The second-order valence-electron chi connectivity index (χ2n) is 6.66. The Hall–Kier alpha value is -2.33. The van der Waals surface area contributed by atoms with E-state index in [1.54, 1.807) is 4.90 Å². The number of amides is 1. The zero-order valence-corrected chi connectivity index (χ0v) is 13.8. The molecule has 2 aromatic carbocycles. The Morgan fingerprint density at radius 2 is 1.75 bits per heavy atom. The highest BCUT2D eigenvalue weighted by molar-refractivity contribution is 5.82. The van der Waals surface area contributed by atoms with Crippen molar-refractivity contribution in [2.24, 2.45) is 0 Å². The van der Waals surface area contributed by atoms with Gasteiger partial charge in [-0.15, -0.1) is 0 Å². The van der Waals surface area contributed by atoms with Gasteiger partial charge in [0.2, 0.25) is 0 Å². The molecule has 2 heterocycles. The van der Waals surface area contributed by atoms with E-state index in [0.29, 0.717) is 6.42 Å². The second kappa shape index (κ2) is 6.65. The van der Waals surface area contributed by atoms with Gasteiger partial charge in [0.05, 0.1) is 26.2 Å². The Morgan fingerprint density at radius 1 is 1.04 bits per heavy atom. The minimum absolute atomic E-state index is 0.143. The summed E-state index contributed by atoms with van der Waals surface area (Å²) in [7, 11) is 0. The van der Waals surface area contributed by atoms with Crippen LogP contribution in [-0.2, 0) is 17.8 Å². The first-order valence-electron chi connectivity index (χ1n) is 8.70. The van der Waals surface area contributed by atoms with E-state index >= 15 is 0 Å². The maximum atomic E-state index is 12.7. The number of nitrogens with zero attached hydrogens (tertiary/aromatic N) is 1. The number of rotatable bonds is 3. The average Bonchev–Trinajstić information content (AvgIpc) is 3.07. The SMILES string of the molecule is O=C([C@@H]1Cc2ccccc2O1)N1CC[NH+](Cc2ccccc2)CC1. The number of ether oxygens (including phenoxy) is 1. The fourth-order valence-corrected chi connectivity index (χ4v) is 3.63. The molecule has 0 saturated carbocycles. The maximum Gasteiger partial charge on any atom is 0.264 e. The van der Waals surface area contributed by atoms with Crippen LogP contribution in [0.4, 0.5) is 0 Å². The topological polar surface area (TPSA) is 34.0 Å². The van der Waals surface area contributed by atoms with Crippen LogP contribution >= 0.6 is 0 Å². The fourth-order valence-electron chi connectivity index (χ4n) is 3.63. The van der Waals surface area contributed by atoms with Crippen LogP contribution in [0.25, 0.3) is 0 Å². The molecule has 4 heteroatoms. The molecule has 24 heavy (non-hydrogen) atoms. The lowest BCUT2D eigenvalue weighted by atomic mass is 10.1. The first-order valence-corrected chi connectivity index (χ1v) is 8.70. The van der Waals surface area contributed by atoms with Crippen LogP contribution in [0.3, 0.4) is 0 Å². The van der Waals surface area contributed by atoms with Crippen molar-refractivity contribution in [2.75, 3.05) is 26.2 Å². The highest BCUT2D eigenvalue weighted by atomic mass is 16.5. The first kappa shape index (κ1) is 15.2. The third-order valence-electron chi connectivity index (χ3n) is 5.00. The van der Waals surface area contributed by atoms with Gasteiger partial charge in [0, 0.05) is 12.0 Å². The molecule has 2 aromatic rings. The summed E-state index contributed by atoms with van der Waals surface area (Å²) in [4.78, 5) is 16.2. The molecule has 0 bridgehead atoms. The number of nitrogens with one attached hydrogen (secondary N) is 1. The number of carbonyl (C=O) groups excluding carboxylic acids is 1. The van der Waals surface area contributed by atoms with Crippen LogP contribution in [0.5, 0.6) is 5.75 Å². The Kier molecular flexibility index (Phi) is 4.22. The average molecular weight is 323 g/mol. The van der Waals surface area contributed by atoms with Crippen molar-refractivity contribution in [3.05, 3.63) is 65.7 Å². The molecular formula is C20H23N2O2+. The standard InChI is InChI=1S/C20H22N2O2/c23-20(19-14-17-8-4-5-9-18(17)24-19)22-12-10-21(11-13-22)15-16-6-2-1-3-7-16/h1-9,19H,10-15H2/p+1/t19-/m0/s1. The van der Waals surface area contributed by atoms with E-state index in [1.807, 2.05) is 29.2 Å². The zero-order chi connectivity index (χ0) is 16.4. The predicted octanol–water partition coefficient (Wildman–Crippen LogP) is 0.917. The van der Waals surface area contributed by atoms with Crippen molar-refractivity contribution >= 4 is 5.91 Å². The molecule has 4 nitrogen and oxygen atoms in total. The smallest absolute Gasteiger partial charge is 0.264 e. The molecule has 1 N–H and O–H groups in total. The molecule has 1 fully saturated rings. The summed E-state index contributed by atoms with van der Waals surface area (Å²) in [6.45, 7) is 4.67. The number of hydrogen-bond acceptors (Lipinski definition) is 2. The number of carbonyl (C=O) groups is 1. The minimum atomic E-state index is -0.335. The minimum Gasteiger partial charge on any atom is -0.480 e. The molecule has 1 amide bonds. The van der Waals surface area contributed by atoms with Crippen LogP contribution in [0.2, 0.25) is 0 Å². The summed E-state index contributed by atoms with van der Waals surface area (Å²) in [6, 6.07) is 18.5. The molecule has 1 saturated heterocycles. The van der Waals surface area contributed by atoms with E-state index in [-0.39, 0.29) is 12.0 Å². The van der Waals surface area contributed by atoms with Gasteiger partial charge in [0.1, 0.15) is 12.3 Å². The van der Waals surface area contributed by atoms with Gasteiger partial charge in [0.15, 0.2) is 6.10 Å².